The second-order valence-electron chi connectivity index (χ2n) is 4.52. The van der Waals surface area contributed by atoms with Crippen molar-refractivity contribution in [2.24, 2.45) is 5.92 Å². The molecule has 5 heteroatoms. The standard InChI is InChI=1S/C11H20O5/c1-9(2)4-13-5-10-6-15-11(3,16-10)7-14-8-12/h8-10H,4-7H2,1-3H3. The van der Waals surface area contributed by atoms with Crippen LogP contribution in [0.3, 0.4) is 0 Å². The highest BCUT2D eigenvalue weighted by Crippen LogP contribution is 2.23. The van der Waals surface area contributed by atoms with Crippen LogP contribution in [0.15, 0.2) is 0 Å². The van der Waals surface area contributed by atoms with Crippen LogP contribution in [0.1, 0.15) is 20.8 Å². The number of carbonyl (C=O) groups is 1. The Morgan fingerprint density at radius 1 is 1.56 bits per heavy atom. The van der Waals surface area contributed by atoms with Gasteiger partial charge in [0.15, 0.2) is 0 Å². The summed E-state index contributed by atoms with van der Waals surface area (Å²) in [6.45, 7) is 8.12. The van der Waals surface area contributed by atoms with Gasteiger partial charge in [-0.2, -0.15) is 0 Å². The molecule has 5 nitrogen and oxygen atoms in total. The molecule has 0 amide bonds. The van der Waals surface area contributed by atoms with Gasteiger partial charge in [0.25, 0.3) is 6.47 Å². The van der Waals surface area contributed by atoms with Crippen molar-refractivity contribution in [3.63, 3.8) is 0 Å². The molecule has 1 saturated heterocycles. The van der Waals surface area contributed by atoms with E-state index in [-0.39, 0.29) is 12.7 Å². The third-order valence-corrected chi connectivity index (χ3v) is 2.16. The summed E-state index contributed by atoms with van der Waals surface area (Å²) < 4.78 is 21.1. The van der Waals surface area contributed by atoms with Crippen molar-refractivity contribution < 1.29 is 23.7 Å². The Bertz CT molecular complexity index is 218. The molecule has 0 saturated carbocycles. The van der Waals surface area contributed by atoms with Crippen molar-refractivity contribution in [3.8, 4) is 0 Å². The fraction of sp³-hybridized carbons (Fsp3) is 0.909. The second-order valence-corrected chi connectivity index (χ2v) is 4.52. The molecular weight excluding hydrogens is 212 g/mol. The number of carbonyl (C=O) groups excluding carboxylic acids is 1. The highest BCUT2D eigenvalue weighted by molar-refractivity contribution is 5.37. The van der Waals surface area contributed by atoms with E-state index in [1.807, 2.05) is 0 Å². The van der Waals surface area contributed by atoms with Gasteiger partial charge in [0.1, 0.15) is 12.7 Å². The minimum atomic E-state index is -0.827. The van der Waals surface area contributed by atoms with E-state index >= 15 is 0 Å². The smallest absolute Gasteiger partial charge is 0.293 e. The minimum absolute atomic E-state index is 0.0843. The van der Waals surface area contributed by atoms with Gasteiger partial charge in [-0.1, -0.05) is 13.8 Å². The lowest BCUT2D eigenvalue weighted by Crippen LogP contribution is -2.33. The van der Waals surface area contributed by atoms with E-state index in [9.17, 15) is 4.79 Å². The zero-order chi connectivity index (χ0) is 12.0. The molecule has 0 radical (unpaired) electrons. The third-order valence-electron chi connectivity index (χ3n) is 2.16. The third kappa shape index (κ3) is 4.47. The lowest BCUT2D eigenvalue weighted by molar-refractivity contribution is -0.192. The van der Waals surface area contributed by atoms with E-state index in [0.29, 0.717) is 32.2 Å². The lowest BCUT2D eigenvalue weighted by Gasteiger charge is -2.21. The molecule has 16 heavy (non-hydrogen) atoms. The maximum absolute atomic E-state index is 10.1. The van der Waals surface area contributed by atoms with E-state index in [2.05, 4.69) is 18.6 Å². The van der Waals surface area contributed by atoms with Gasteiger partial charge >= 0.3 is 0 Å². The van der Waals surface area contributed by atoms with Gasteiger partial charge in [0, 0.05) is 6.61 Å². The van der Waals surface area contributed by atoms with Crippen molar-refractivity contribution in [3.05, 3.63) is 0 Å². The Balaban J connectivity index is 2.20. The maximum atomic E-state index is 10.1. The number of hydrogen-bond acceptors (Lipinski definition) is 5. The molecule has 0 spiro atoms. The van der Waals surface area contributed by atoms with Gasteiger partial charge in [-0.25, -0.2) is 0 Å². The summed E-state index contributed by atoms with van der Waals surface area (Å²) >= 11 is 0. The molecular formula is C11H20O5. The summed E-state index contributed by atoms with van der Waals surface area (Å²) in [4.78, 5) is 10.1. The molecule has 0 N–H and O–H groups in total. The fourth-order valence-electron chi connectivity index (χ4n) is 1.47. The normalized spacial score (nSPS) is 29.6. The zero-order valence-corrected chi connectivity index (χ0v) is 10.1. The first-order chi connectivity index (χ1) is 7.56. The van der Waals surface area contributed by atoms with Crippen LogP contribution >= 0.6 is 0 Å². The van der Waals surface area contributed by atoms with Crippen LogP contribution in [-0.2, 0) is 23.7 Å². The molecule has 0 aliphatic carbocycles. The molecule has 2 atom stereocenters. The van der Waals surface area contributed by atoms with Gasteiger partial charge in [0.2, 0.25) is 5.79 Å². The van der Waals surface area contributed by atoms with Gasteiger partial charge in [-0.3, -0.25) is 4.79 Å². The second kappa shape index (κ2) is 6.18. The SMILES string of the molecule is CC(C)COCC1COC(C)(COC=O)O1. The molecule has 0 aromatic carbocycles. The minimum Gasteiger partial charge on any atom is -0.462 e. The van der Waals surface area contributed by atoms with Crippen LogP contribution < -0.4 is 0 Å². The largest absolute Gasteiger partial charge is 0.462 e. The van der Waals surface area contributed by atoms with Crippen molar-refractivity contribution in [1.29, 1.82) is 0 Å². The van der Waals surface area contributed by atoms with E-state index in [0.717, 1.165) is 0 Å². The highest BCUT2D eigenvalue weighted by Gasteiger charge is 2.38. The fourth-order valence-corrected chi connectivity index (χ4v) is 1.47. The van der Waals surface area contributed by atoms with Crippen LogP contribution in [0, 0.1) is 5.92 Å². The Labute approximate surface area is 96.0 Å². The molecule has 2 unspecified atom stereocenters. The predicted molar refractivity (Wildman–Crippen MR) is 56.9 cm³/mol. The summed E-state index contributed by atoms with van der Waals surface area (Å²) in [6, 6.07) is 0. The Kier molecular flexibility index (Phi) is 5.18. The summed E-state index contributed by atoms with van der Waals surface area (Å²) in [5.41, 5.74) is 0. The summed E-state index contributed by atoms with van der Waals surface area (Å²) in [6.07, 6.45) is -0.0843. The molecule has 1 rings (SSSR count). The van der Waals surface area contributed by atoms with Crippen molar-refractivity contribution in [1.82, 2.24) is 0 Å². The molecule has 1 aliphatic rings. The molecule has 94 valence electrons. The average molecular weight is 232 g/mol. The Morgan fingerprint density at radius 3 is 2.94 bits per heavy atom. The van der Waals surface area contributed by atoms with Crippen molar-refractivity contribution in [2.75, 3.05) is 26.4 Å². The van der Waals surface area contributed by atoms with Gasteiger partial charge in [-0.05, 0) is 12.8 Å². The van der Waals surface area contributed by atoms with Crippen LogP contribution in [0.4, 0.5) is 0 Å². The zero-order valence-electron chi connectivity index (χ0n) is 10.1. The first-order valence-electron chi connectivity index (χ1n) is 5.50. The average Bonchev–Trinajstić information content (AvgIpc) is 2.58. The first-order valence-corrected chi connectivity index (χ1v) is 5.50. The first kappa shape index (κ1) is 13.4. The van der Waals surface area contributed by atoms with Gasteiger partial charge in [0.05, 0.1) is 13.2 Å². The van der Waals surface area contributed by atoms with Crippen molar-refractivity contribution >= 4 is 6.47 Å². The van der Waals surface area contributed by atoms with E-state index < -0.39 is 5.79 Å². The predicted octanol–water partition coefficient (Wildman–Crippen LogP) is 0.964. The van der Waals surface area contributed by atoms with Crippen LogP contribution in [0.25, 0.3) is 0 Å². The van der Waals surface area contributed by atoms with Crippen LogP contribution in [0.5, 0.6) is 0 Å². The molecule has 0 aromatic rings. The van der Waals surface area contributed by atoms with Gasteiger partial charge < -0.3 is 18.9 Å². The quantitative estimate of drug-likeness (QED) is 0.612. The lowest BCUT2D eigenvalue weighted by atomic mass is 10.2. The Morgan fingerprint density at radius 2 is 2.31 bits per heavy atom. The summed E-state index contributed by atoms with van der Waals surface area (Å²) in [5.74, 6) is -0.320. The topological polar surface area (TPSA) is 54.0 Å². The molecule has 1 heterocycles. The number of hydrogen-bond donors (Lipinski definition) is 0. The van der Waals surface area contributed by atoms with E-state index in [4.69, 9.17) is 14.2 Å². The van der Waals surface area contributed by atoms with Gasteiger partial charge in [-0.15, -0.1) is 0 Å². The van der Waals surface area contributed by atoms with Crippen molar-refractivity contribution in [2.45, 2.75) is 32.7 Å². The van der Waals surface area contributed by atoms with Crippen LogP contribution in [-0.4, -0.2) is 44.8 Å². The molecule has 0 aromatic heterocycles. The molecule has 0 bridgehead atoms. The molecule has 1 aliphatic heterocycles. The Hall–Kier alpha value is -0.650. The monoisotopic (exact) mass is 232 g/mol. The summed E-state index contributed by atoms with van der Waals surface area (Å²) in [7, 11) is 0. The maximum Gasteiger partial charge on any atom is 0.293 e. The number of ether oxygens (including phenoxy) is 4. The number of rotatable bonds is 7. The highest BCUT2D eigenvalue weighted by atomic mass is 16.8. The molecule has 1 fully saturated rings. The van der Waals surface area contributed by atoms with E-state index in [1.165, 1.54) is 0 Å². The summed E-state index contributed by atoms with van der Waals surface area (Å²) in [5, 5.41) is 0. The van der Waals surface area contributed by atoms with E-state index in [1.54, 1.807) is 6.92 Å². The van der Waals surface area contributed by atoms with Crippen LogP contribution in [0.2, 0.25) is 0 Å².